The Morgan fingerprint density at radius 2 is 0.640 bits per heavy atom. The molecule has 9 nitrogen and oxygen atoms in total. The predicted octanol–water partition coefficient (Wildman–Crippen LogP) is 24.3. The molecule has 0 heterocycles. The van der Waals surface area contributed by atoms with Crippen LogP contribution in [-0.4, -0.2) is 87.4 Å². The van der Waals surface area contributed by atoms with Crippen LogP contribution >= 0.6 is 0 Å². The first-order valence-electron chi connectivity index (χ1n) is 38.5. The lowest BCUT2D eigenvalue weighted by Gasteiger charge is -2.25. The molecule has 2 unspecified atom stereocenters. The Hall–Kier alpha value is -3.01. The van der Waals surface area contributed by atoms with E-state index < -0.39 is 18.4 Å². The molecule has 0 aromatic carbocycles. The van der Waals surface area contributed by atoms with Gasteiger partial charge in [-0.25, -0.2) is 4.79 Å². The monoisotopic (exact) mass is 1250 g/mol. The molecule has 0 aliphatic rings. The first-order valence-corrected chi connectivity index (χ1v) is 38.5. The summed E-state index contributed by atoms with van der Waals surface area (Å²) in [5.41, 5.74) is 0. The highest BCUT2D eigenvalue weighted by Crippen LogP contribution is 2.19. The van der Waals surface area contributed by atoms with Crippen LogP contribution in [0.2, 0.25) is 0 Å². The van der Waals surface area contributed by atoms with Crippen molar-refractivity contribution in [3.05, 3.63) is 60.8 Å². The molecule has 0 saturated carbocycles. The van der Waals surface area contributed by atoms with E-state index in [1.54, 1.807) is 0 Å². The normalized spacial score (nSPS) is 13.0. The van der Waals surface area contributed by atoms with Crippen molar-refractivity contribution in [3.63, 3.8) is 0 Å². The number of hydrogen-bond donors (Lipinski definition) is 1. The fraction of sp³-hybridized carbons (Fsp3) is 0.838. The summed E-state index contributed by atoms with van der Waals surface area (Å²) in [6.45, 7) is 4.82. The molecule has 0 rings (SSSR count). The number of quaternary nitrogens is 1. The van der Waals surface area contributed by atoms with Gasteiger partial charge in [0, 0.05) is 12.8 Å². The lowest BCUT2D eigenvalue weighted by molar-refractivity contribution is -0.870. The van der Waals surface area contributed by atoms with Crippen LogP contribution in [0.15, 0.2) is 60.8 Å². The lowest BCUT2D eigenvalue weighted by Crippen LogP contribution is -2.40. The van der Waals surface area contributed by atoms with E-state index >= 15 is 0 Å². The molecule has 0 aliphatic heterocycles. The Labute approximate surface area is 552 Å². The van der Waals surface area contributed by atoms with Crippen molar-refractivity contribution in [3.8, 4) is 0 Å². The highest BCUT2D eigenvalue weighted by molar-refractivity contribution is 5.71. The molecule has 0 saturated heterocycles. The van der Waals surface area contributed by atoms with Crippen LogP contribution in [0.1, 0.15) is 373 Å². The van der Waals surface area contributed by atoms with Gasteiger partial charge in [-0.05, 0) is 77.0 Å². The van der Waals surface area contributed by atoms with Crippen molar-refractivity contribution in [2.75, 3.05) is 47.5 Å². The van der Waals surface area contributed by atoms with Gasteiger partial charge in [0.2, 0.25) is 0 Å². The molecule has 0 aromatic rings. The number of nitrogens with zero attached hydrogens (tertiary/aromatic N) is 1. The summed E-state index contributed by atoms with van der Waals surface area (Å²) in [5, 5.41) is 9.76. The molecule has 1 N–H and O–H groups in total. The van der Waals surface area contributed by atoms with E-state index in [1.165, 1.54) is 283 Å². The number of carboxylic acids is 1. The standard InChI is InChI=1S/C80H147NO8/c1-6-8-10-12-14-16-18-20-22-24-26-28-30-32-34-35-36-37-38-39-40-41-42-43-45-46-48-50-52-54-56-58-60-62-64-66-68-70-77(82)87-74-76(75-88-80(79(84)85)86-73-72-81(3,4)5)89-78(83)71-69-67-65-63-61-59-57-55-53-51-49-47-44-33-31-29-27-25-23-21-19-17-15-13-11-9-7-2/h9,11,15,17,21,23-24,26-27,29,76,80H,6-8,10,12-14,16,18-20,22,25,28,30-75H2,1-5H3/p+1/b11-9-,17-15-,23-21-,26-24-,29-27-. The second kappa shape index (κ2) is 70.9. The molecule has 0 aliphatic carbocycles. The Morgan fingerprint density at radius 3 is 0.966 bits per heavy atom. The molecule has 2 atom stereocenters. The maximum Gasteiger partial charge on any atom is 0.361 e. The first-order chi connectivity index (χ1) is 43.6. The predicted molar refractivity (Wildman–Crippen MR) is 383 cm³/mol. The number of rotatable bonds is 72. The molecule has 0 aromatic heterocycles. The molecular formula is C80H148NO8+. The Morgan fingerprint density at radius 1 is 0.348 bits per heavy atom. The van der Waals surface area contributed by atoms with E-state index in [1.807, 2.05) is 21.1 Å². The summed E-state index contributed by atoms with van der Waals surface area (Å²) in [7, 11) is 5.99. The number of carboxylic acid groups (broad SMARTS) is 1. The zero-order valence-corrected chi connectivity index (χ0v) is 59.6. The first kappa shape index (κ1) is 86.0. The Kier molecular flexibility index (Phi) is 68.5. The minimum absolute atomic E-state index is 0.179. The van der Waals surface area contributed by atoms with Crippen molar-refractivity contribution in [1.29, 1.82) is 0 Å². The molecule has 0 spiro atoms. The summed E-state index contributed by atoms with van der Waals surface area (Å²) < 4.78 is 23.0. The number of allylic oxidation sites excluding steroid dienone is 10. The second-order valence-electron chi connectivity index (χ2n) is 27.3. The fourth-order valence-corrected chi connectivity index (χ4v) is 11.4. The molecule has 520 valence electrons. The van der Waals surface area contributed by atoms with Crippen LogP contribution < -0.4 is 0 Å². The maximum absolute atomic E-state index is 13.0. The summed E-state index contributed by atoms with van der Waals surface area (Å²) >= 11 is 0. The van der Waals surface area contributed by atoms with Crippen molar-refractivity contribution in [2.24, 2.45) is 0 Å². The van der Waals surface area contributed by atoms with Gasteiger partial charge in [-0.1, -0.05) is 344 Å². The summed E-state index contributed by atoms with van der Waals surface area (Å²) in [5.74, 6) is -1.98. The third-order valence-corrected chi connectivity index (χ3v) is 17.3. The highest BCUT2D eigenvalue weighted by atomic mass is 16.7. The van der Waals surface area contributed by atoms with Gasteiger partial charge in [-0.3, -0.25) is 9.59 Å². The van der Waals surface area contributed by atoms with Crippen molar-refractivity contribution in [2.45, 2.75) is 386 Å². The van der Waals surface area contributed by atoms with Crippen LogP contribution in [0.25, 0.3) is 0 Å². The third-order valence-electron chi connectivity index (χ3n) is 17.3. The van der Waals surface area contributed by atoms with Gasteiger partial charge >= 0.3 is 17.9 Å². The molecule has 89 heavy (non-hydrogen) atoms. The molecule has 0 radical (unpaired) electrons. The lowest BCUT2D eigenvalue weighted by atomic mass is 10.0. The Bertz CT molecular complexity index is 1650. The number of ether oxygens (including phenoxy) is 4. The quantitative estimate of drug-likeness (QED) is 0.0211. The number of likely N-dealkylation sites (N-methyl/N-ethyl adjacent to an activating group) is 1. The van der Waals surface area contributed by atoms with Gasteiger partial charge in [0.15, 0.2) is 6.10 Å². The van der Waals surface area contributed by atoms with Gasteiger partial charge in [0.05, 0.1) is 34.4 Å². The minimum Gasteiger partial charge on any atom is -0.477 e. The molecule has 0 bridgehead atoms. The zero-order chi connectivity index (χ0) is 64.7. The van der Waals surface area contributed by atoms with Gasteiger partial charge < -0.3 is 28.5 Å². The van der Waals surface area contributed by atoms with E-state index in [9.17, 15) is 19.5 Å². The zero-order valence-electron chi connectivity index (χ0n) is 59.6. The van der Waals surface area contributed by atoms with Gasteiger partial charge in [0.25, 0.3) is 6.29 Å². The average Bonchev–Trinajstić information content (AvgIpc) is 3.64. The number of carbonyl (C=O) groups excluding carboxylic acids is 2. The highest BCUT2D eigenvalue weighted by Gasteiger charge is 2.25. The smallest absolute Gasteiger partial charge is 0.361 e. The van der Waals surface area contributed by atoms with Crippen molar-refractivity contribution in [1.82, 2.24) is 0 Å². The molecule has 9 heteroatoms. The van der Waals surface area contributed by atoms with Crippen LogP contribution in [0, 0.1) is 0 Å². The summed E-state index contributed by atoms with van der Waals surface area (Å²) in [6, 6.07) is 0. The molecule has 0 amide bonds. The number of hydrogen-bond acceptors (Lipinski definition) is 7. The van der Waals surface area contributed by atoms with Gasteiger partial charge in [0.1, 0.15) is 13.2 Å². The average molecular weight is 1250 g/mol. The molecule has 0 fully saturated rings. The number of esters is 2. The number of carbonyl (C=O) groups is 3. The largest absolute Gasteiger partial charge is 0.477 e. The van der Waals surface area contributed by atoms with E-state index in [4.69, 9.17) is 18.9 Å². The summed E-state index contributed by atoms with van der Waals surface area (Å²) in [6.07, 6.45) is 90.9. The molecular weight excluding hydrogens is 1100 g/mol. The number of unbranched alkanes of at least 4 members (excludes halogenated alkanes) is 47. The van der Waals surface area contributed by atoms with E-state index in [0.29, 0.717) is 17.4 Å². The second-order valence-corrected chi connectivity index (χ2v) is 27.3. The van der Waals surface area contributed by atoms with Crippen LogP contribution in [-0.2, 0) is 33.3 Å². The van der Waals surface area contributed by atoms with Crippen LogP contribution in [0.5, 0.6) is 0 Å². The minimum atomic E-state index is -1.51. The van der Waals surface area contributed by atoms with Crippen LogP contribution in [0.3, 0.4) is 0 Å². The van der Waals surface area contributed by atoms with Crippen molar-refractivity contribution >= 4 is 17.9 Å². The maximum atomic E-state index is 13.0. The SMILES string of the molecule is CC/C=C\C/C=C\C/C=C\C/C=C\CCCCCCCCCCCCCCCCC(=O)OC(COC(=O)CCCCCCCCCCCCCCCCCCCCCCCCCCC/C=C\CCCCCCCCCC)COC(OCC[N+](C)(C)C)C(=O)O. The fourth-order valence-electron chi connectivity index (χ4n) is 11.4. The Balaban J connectivity index is 3.98. The van der Waals surface area contributed by atoms with Crippen molar-refractivity contribution < 1.29 is 42.9 Å². The van der Waals surface area contributed by atoms with E-state index in [2.05, 4.69) is 74.6 Å². The van der Waals surface area contributed by atoms with Gasteiger partial charge in [-0.15, -0.1) is 0 Å². The topological polar surface area (TPSA) is 108 Å². The summed E-state index contributed by atoms with van der Waals surface area (Å²) in [4.78, 5) is 37.7. The van der Waals surface area contributed by atoms with E-state index in [0.717, 1.165) is 64.2 Å². The van der Waals surface area contributed by atoms with Crippen LogP contribution in [0.4, 0.5) is 0 Å². The third kappa shape index (κ3) is 72.3. The van der Waals surface area contributed by atoms with E-state index in [-0.39, 0.29) is 38.2 Å². The van der Waals surface area contributed by atoms with Gasteiger partial charge in [-0.2, -0.15) is 0 Å². The number of aliphatic carboxylic acids is 1.